The molecule has 0 aromatic carbocycles. The van der Waals surface area contributed by atoms with Gasteiger partial charge in [0.15, 0.2) is 0 Å². The first-order chi connectivity index (χ1) is 12.3. The summed E-state index contributed by atoms with van der Waals surface area (Å²) < 4.78 is 0. The van der Waals surface area contributed by atoms with E-state index in [-0.39, 0.29) is 5.91 Å². The molecule has 1 amide bonds. The molecule has 0 radical (unpaired) electrons. The first kappa shape index (κ1) is 15.8. The Labute approximate surface area is 147 Å². The van der Waals surface area contributed by atoms with Crippen LogP contribution in [0.4, 0.5) is 11.5 Å². The van der Waals surface area contributed by atoms with Crippen molar-refractivity contribution in [2.75, 3.05) is 49.1 Å². The minimum absolute atomic E-state index is 0.00210. The number of likely N-dealkylation sites (tertiary alicyclic amines) is 1. The predicted molar refractivity (Wildman–Crippen MR) is 95.8 cm³/mol. The number of carbonyl (C=O) groups excluding carboxylic acids is 1. The van der Waals surface area contributed by atoms with Crippen LogP contribution in [0.5, 0.6) is 0 Å². The van der Waals surface area contributed by atoms with Crippen LogP contribution >= 0.6 is 0 Å². The highest BCUT2D eigenvalue weighted by molar-refractivity contribution is 5.92. The van der Waals surface area contributed by atoms with Gasteiger partial charge in [-0.3, -0.25) is 14.8 Å². The monoisotopic (exact) mass is 338 g/mol. The van der Waals surface area contributed by atoms with Crippen LogP contribution in [0, 0.1) is 0 Å². The van der Waals surface area contributed by atoms with Crippen LogP contribution in [0.3, 0.4) is 0 Å². The van der Waals surface area contributed by atoms with Gasteiger partial charge in [0.25, 0.3) is 5.91 Å². The van der Waals surface area contributed by atoms with E-state index in [0.717, 1.165) is 57.9 Å². The molecular weight excluding hydrogens is 316 g/mol. The van der Waals surface area contributed by atoms with Crippen LogP contribution in [0.1, 0.15) is 23.3 Å². The molecular formula is C18H22N6O. The van der Waals surface area contributed by atoms with Gasteiger partial charge in [0.05, 0.1) is 12.4 Å². The molecule has 7 nitrogen and oxygen atoms in total. The lowest BCUT2D eigenvalue weighted by Crippen LogP contribution is -2.47. The van der Waals surface area contributed by atoms with Crippen LogP contribution in [0.2, 0.25) is 0 Å². The number of pyridine rings is 1. The maximum absolute atomic E-state index is 12.5. The minimum Gasteiger partial charge on any atom is -0.368 e. The van der Waals surface area contributed by atoms with E-state index in [1.165, 1.54) is 5.69 Å². The minimum atomic E-state index is 0.00210. The molecule has 2 aromatic heterocycles. The zero-order valence-corrected chi connectivity index (χ0v) is 14.2. The second-order valence-electron chi connectivity index (χ2n) is 6.44. The fraction of sp³-hybridized carbons (Fsp3) is 0.444. The van der Waals surface area contributed by atoms with Gasteiger partial charge in [-0.25, -0.2) is 4.98 Å². The van der Waals surface area contributed by atoms with E-state index in [1.54, 1.807) is 12.4 Å². The van der Waals surface area contributed by atoms with Crippen molar-refractivity contribution in [3.8, 4) is 0 Å². The van der Waals surface area contributed by atoms with Gasteiger partial charge in [0, 0.05) is 57.3 Å². The molecule has 0 saturated carbocycles. The smallest absolute Gasteiger partial charge is 0.274 e. The molecule has 2 fully saturated rings. The number of carbonyl (C=O) groups is 1. The van der Waals surface area contributed by atoms with Crippen molar-refractivity contribution in [2.45, 2.75) is 12.8 Å². The quantitative estimate of drug-likeness (QED) is 0.844. The molecule has 7 heteroatoms. The number of hydrogen-bond acceptors (Lipinski definition) is 6. The first-order valence-corrected chi connectivity index (χ1v) is 8.82. The molecule has 0 spiro atoms. The Bertz CT molecular complexity index is 723. The Morgan fingerprint density at radius 2 is 1.52 bits per heavy atom. The molecule has 2 aliphatic rings. The average Bonchev–Trinajstić information content (AvgIpc) is 3.23. The molecule has 2 aromatic rings. The number of aromatic nitrogens is 3. The van der Waals surface area contributed by atoms with Crippen molar-refractivity contribution in [3.63, 3.8) is 0 Å². The molecule has 4 heterocycles. The molecule has 0 unspecified atom stereocenters. The van der Waals surface area contributed by atoms with Gasteiger partial charge in [-0.2, -0.15) is 0 Å². The average molecular weight is 338 g/mol. The summed E-state index contributed by atoms with van der Waals surface area (Å²) in [7, 11) is 0. The highest BCUT2D eigenvalue weighted by Gasteiger charge is 2.23. The Hall–Kier alpha value is -2.70. The SMILES string of the molecule is O=C(c1cncc(N2CCN(c3ccncc3)CC2)n1)N1CCCC1. The van der Waals surface area contributed by atoms with Crippen molar-refractivity contribution >= 4 is 17.4 Å². The highest BCUT2D eigenvalue weighted by Crippen LogP contribution is 2.19. The Kier molecular flexibility index (Phi) is 4.45. The third kappa shape index (κ3) is 3.40. The third-order valence-corrected chi connectivity index (χ3v) is 4.87. The summed E-state index contributed by atoms with van der Waals surface area (Å²) in [6.07, 6.45) is 9.13. The zero-order valence-electron chi connectivity index (χ0n) is 14.2. The second kappa shape index (κ2) is 7.04. The Morgan fingerprint density at radius 3 is 2.24 bits per heavy atom. The molecule has 0 N–H and O–H groups in total. The van der Waals surface area contributed by atoms with Crippen molar-refractivity contribution < 1.29 is 4.79 Å². The Morgan fingerprint density at radius 1 is 0.840 bits per heavy atom. The van der Waals surface area contributed by atoms with E-state index in [1.807, 2.05) is 29.4 Å². The molecule has 0 bridgehead atoms. The fourth-order valence-corrected chi connectivity index (χ4v) is 3.44. The third-order valence-electron chi connectivity index (χ3n) is 4.87. The first-order valence-electron chi connectivity index (χ1n) is 8.82. The van der Waals surface area contributed by atoms with E-state index in [0.29, 0.717) is 5.69 Å². The number of piperazine rings is 1. The lowest BCUT2D eigenvalue weighted by molar-refractivity contribution is 0.0786. The maximum atomic E-state index is 12.5. The van der Waals surface area contributed by atoms with Crippen molar-refractivity contribution in [2.24, 2.45) is 0 Å². The van der Waals surface area contributed by atoms with Crippen LogP contribution in [0.25, 0.3) is 0 Å². The molecule has 2 aliphatic heterocycles. The van der Waals surface area contributed by atoms with Gasteiger partial charge in [0.2, 0.25) is 0 Å². The van der Waals surface area contributed by atoms with E-state index in [9.17, 15) is 4.79 Å². The molecule has 0 atom stereocenters. The van der Waals surface area contributed by atoms with Crippen LogP contribution in [-0.4, -0.2) is 65.0 Å². The summed E-state index contributed by atoms with van der Waals surface area (Å²) in [5.41, 5.74) is 1.65. The van der Waals surface area contributed by atoms with Crippen molar-refractivity contribution in [3.05, 3.63) is 42.6 Å². The van der Waals surface area contributed by atoms with Gasteiger partial charge in [-0.05, 0) is 25.0 Å². The maximum Gasteiger partial charge on any atom is 0.274 e. The standard InChI is InChI=1S/C18H22N6O/c25-18(24-7-1-2-8-24)16-13-20-14-17(21-16)23-11-9-22(10-12-23)15-3-5-19-6-4-15/h3-6,13-14H,1-2,7-12H2. The number of rotatable bonds is 3. The van der Waals surface area contributed by atoms with Gasteiger partial charge < -0.3 is 14.7 Å². The van der Waals surface area contributed by atoms with Crippen LogP contribution in [-0.2, 0) is 0 Å². The lowest BCUT2D eigenvalue weighted by atomic mass is 10.2. The molecule has 130 valence electrons. The van der Waals surface area contributed by atoms with Gasteiger partial charge >= 0.3 is 0 Å². The van der Waals surface area contributed by atoms with E-state index >= 15 is 0 Å². The van der Waals surface area contributed by atoms with E-state index in [4.69, 9.17) is 0 Å². The van der Waals surface area contributed by atoms with Crippen LogP contribution in [0.15, 0.2) is 36.9 Å². The number of amides is 1. The largest absolute Gasteiger partial charge is 0.368 e. The fourth-order valence-electron chi connectivity index (χ4n) is 3.44. The predicted octanol–water partition coefficient (Wildman–Crippen LogP) is 1.43. The molecule has 4 rings (SSSR count). The molecule has 2 saturated heterocycles. The topological polar surface area (TPSA) is 65.5 Å². The number of hydrogen-bond donors (Lipinski definition) is 0. The highest BCUT2D eigenvalue weighted by atomic mass is 16.2. The van der Waals surface area contributed by atoms with E-state index < -0.39 is 0 Å². The summed E-state index contributed by atoms with van der Waals surface area (Å²) in [6, 6.07) is 4.07. The zero-order chi connectivity index (χ0) is 17.1. The summed E-state index contributed by atoms with van der Waals surface area (Å²) in [5.74, 6) is 0.793. The van der Waals surface area contributed by atoms with Gasteiger partial charge in [-0.15, -0.1) is 0 Å². The van der Waals surface area contributed by atoms with Gasteiger partial charge in [0.1, 0.15) is 11.5 Å². The number of nitrogens with zero attached hydrogens (tertiary/aromatic N) is 6. The second-order valence-corrected chi connectivity index (χ2v) is 6.44. The summed E-state index contributed by atoms with van der Waals surface area (Å²) in [5, 5.41) is 0. The molecule has 25 heavy (non-hydrogen) atoms. The van der Waals surface area contributed by atoms with Crippen molar-refractivity contribution in [1.29, 1.82) is 0 Å². The van der Waals surface area contributed by atoms with Crippen molar-refractivity contribution in [1.82, 2.24) is 19.9 Å². The molecule has 0 aliphatic carbocycles. The Balaban J connectivity index is 1.43. The van der Waals surface area contributed by atoms with Gasteiger partial charge in [-0.1, -0.05) is 0 Å². The normalized spacial score (nSPS) is 17.8. The van der Waals surface area contributed by atoms with Crippen LogP contribution < -0.4 is 9.80 Å². The summed E-state index contributed by atoms with van der Waals surface area (Å²) >= 11 is 0. The summed E-state index contributed by atoms with van der Waals surface area (Å²) in [4.78, 5) is 31.8. The number of anilines is 2. The summed E-state index contributed by atoms with van der Waals surface area (Å²) in [6.45, 7) is 5.20. The van der Waals surface area contributed by atoms with E-state index in [2.05, 4.69) is 24.8 Å². The lowest BCUT2D eigenvalue weighted by Gasteiger charge is -2.36.